The predicted octanol–water partition coefficient (Wildman–Crippen LogP) is 1.38. The fourth-order valence-corrected chi connectivity index (χ4v) is 3.00. The molecule has 1 amide bonds. The summed E-state index contributed by atoms with van der Waals surface area (Å²) in [6.45, 7) is 8.32. The number of rotatable bonds is 3. The molecule has 1 aliphatic rings. The van der Waals surface area contributed by atoms with Gasteiger partial charge in [0.1, 0.15) is 0 Å². The van der Waals surface area contributed by atoms with E-state index in [1.807, 2.05) is 20.8 Å². The molecule has 1 fully saturated rings. The van der Waals surface area contributed by atoms with E-state index in [0.29, 0.717) is 6.54 Å². The molecule has 1 aromatic heterocycles. The minimum atomic E-state index is -0.242. The normalized spacial score (nSPS) is 23.9. The third-order valence-electron chi connectivity index (χ3n) is 3.33. The first kappa shape index (κ1) is 12.5. The van der Waals surface area contributed by atoms with Gasteiger partial charge >= 0.3 is 0 Å². The van der Waals surface area contributed by atoms with Gasteiger partial charge in [0.2, 0.25) is 5.91 Å². The van der Waals surface area contributed by atoms with Crippen molar-refractivity contribution in [2.75, 3.05) is 13.1 Å². The smallest absolute Gasteiger partial charge is 0.227 e. The van der Waals surface area contributed by atoms with Crippen LogP contribution in [0, 0.1) is 19.3 Å². The molecule has 0 saturated carbocycles. The van der Waals surface area contributed by atoms with Crippen LogP contribution in [0.4, 0.5) is 0 Å². The van der Waals surface area contributed by atoms with Gasteiger partial charge in [0.25, 0.3) is 0 Å². The Kier molecular flexibility index (Phi) is 3.49. The van der Waals surface area contributed by atoms with Crippen LogP contribution >= 0.6 is 11.3 Å². The molecule has 4 nitrogen and oxygen atoms in total. The van der Waals surface area contributed by atoms with Gasteiger partial charge in [-0.3, -0.25) is 4.79 Å². The van der Waals surface area contributed by atoms with E-state index >= 15 is 0 Å². The van der Waals surface area contributed by atoms with E-state index in [0.717, 1.165) is 35.1 Å². The van der Waals surface area contributed by atoms with E-state index in [2.05, 4.69) is 15.6 Å². The fraction of sp³-hybridized carbons (Fsp3) is 0.667. The average Bonchev–Trinajstić information content (AvgIpc) is 2.83. The molecule has 17 heavy (non-hydrogen) atoms. The molecule has 0 spiro atoms. The maximum atomic E-state index is 12.1. The molecule has 1 unspecified atom stereocenters. The molecular formula is C12H19N3OS. The maximum absolute atomic E-state index is 12.1. The monoisotopic (exact) mass is 253 g/mol. The molecule has 94 valence electrons. The quantitative estimate of drug-likeness (QED) is 0.855. The second-order valence-corrected chi connectivity index (χ2v) is 6.20. The molecule has 0 aromatic carbocycles. The number of hydrogen-bond acceptors (Lipinski definition) is 4. The van der Waals surface area contributed by atoms with Gasteiger partial charge in [-0.1, -0.05) is 0 Å². The molecule has 5 heteroatoms. The van der Waals surface area contributed by atoms with Crippen molar-refractivity contribution in [1.29, 1.82) is 0 Å². The Morgan fingerprint density at radius 3 is 2.88 bits per heavy atom. The van der Waals surface area contributed by atoms with Crippen molar-refractivity contribution >= 4 is 17.2 Å². The summed E-state index contributed by atoms with van der Waals surface area (Å²) < 4.78 is 0. The molecule has 2 rings (SSSR count). The Labute approximate surface area is 106 Å². The molecule has 1 aromatic rings. The Morgan fingerprint density at radius 2 is 2.35 bits per heavy atom. The number of amides is 1. The number of thiazole rings is 1. The van der Waals surface area contributed by atoms with Crippen LogP contribution in [-0.2, 0) is 11.3 Å². The Hall–Kier alpha value is -0.940. The lowest BCUT2D eigenvalue weighted by Gasteiger charge is -2.21. The summed E-state index contributed by atoms with van der Waals surface area (Å²) in [7, 11) is 0. The minimum Gasteiger partial charge on any atom is -0.351 e. The lowest BCUT2D eigenvalue weighted by Crippen LogP contribution is -2.39. The van der Waals surface area contributed by atoms with E-state index in [1.54, 1.807) is 11.3 Å². The zero-order valence-corrected chi connectivity index (χ0v) is 11.4. The number of nitrogens with zero attached hydrogens (tertiary/aromatic N) is 1. The first-order valence-corrected chi connectivity index (χ1v) is 6.75. The summed E-state index contributed by atoms with van der Waals surface area (Å²) in [5.74, 6) is 0.146. The largest absolute Gasteiger partial charge is 0.351 e. The molecule has 0 radical (unpaired) electrons. The second-order valence-electron chi connectivity index (χ2n) is 4.91. The SMILES string of the molecule is Cc1nc(C)c(CNC(=O)C2(C)CCNC2)s1. The number of aromatic nitrogens is 1. The summed E-state index contributed by atoms with van der Waals surface area (Å²) in [5, 5.41) is 7.32. The van der Waals surface area contributed by atoms with Crippen molar-refractivity contribution in [3.63, 3.8) is 0 Å². The first-order chi connectivity index (χ1) is 8.01. The fourth-order valence-electron chi connectivity index (χ4n) is 2.12. The summed E-state index contributed by atoms with van der Waals surface area (Å²) in [4.78, 5) is 17.6. The number of hydrogen-bond donors (Lipinski definition) is 2. The van der Waals surface area contributed by atoms with Crippen LogP contribution in [0.5, 0.6) is 0 Å². The zero-order chi connectivity index (χ0) is 12.5. The van der Waals surface area contributed by atoms with E-state index in [-0.39, 0.29) is 11.3 Å². The molecule has 1 atom stereocenters. The van der Waals surface area contributed by atoms with Gasteiger partial charge in [0.15, 0.2) is 0 Å². The standard InChI is InChI=1S/C12H19N3OS/c1-8-10(17-9(2)15-8)6-14-11(16)12(3)4-5-13-7-12/h13H,4-7H2,1-3H3,(H,14,16). The van der Waals surface area contributed by atoms with Crippen LogP contribution in [0.15, 0.2) is 0 Å². The zero-order valence-electron chi connectivity index (χ0n) is 10.6. The number of carbonyl (C=O) groups excluding carboxylic acids is 1. The van der Waals surface area contributed by atoms with Crippen molar-refractivity contribution in [3.05, 3.63) is 15.6 Å². The highest BCUT2D eigenvalue weighted by atomic mass is 32.1. The Balaban J connectivity index is 1.94. The first-order valence-electron chi connectivity index (χ1n) is 5.93. The average molecular weight is 253 g/mol. The van der Waals surface area contributed by atoms with Gasteiger partial charge in [-0.15, -0.1) is 11.3 Å². The predicted molar refractivity (Wildman–Crippen MR) is 69.0 cm³/mol. The maximum Gasteiger partial charge on any atom is 0.227 e. The molecule has 0 bridgehead atoms. The topological polar surface area (TPSA) is 54.0 Å². The van der Waals surface area contributed by atoms with Gasteiger partial charge in [-0.25, -0.2) is 4.98 Å². The highest BCUT2D eigenvalue weighted by Crippen LogP contribution is 2.25. The molecule has 2 heterocycles. The highest BCUT2D eigenvalue weighted by Gasteiger charge is 2.36. The van der Waals surface area contributed by atoms with Crippen molar-refractivity contribution in [2.45, 2.75) is 33.7 Å². The van der Waals surface area contributed by atoms with Gasteiger partial charge in [0.05, 0.1) is 22.7 Å². The molecular weight excluding hydrogens is 234 g/mol. The van der Waals surface area contributed by atoms with Crippen molar-refractivity contribution in [3.8, 4) is 0 Å². The van der Waals surface area contributed by atoms with Crippen LogP contribution in [0.3, 0.4) is 0 Å². The van der Waals surface area contributed by atoms with Gasteiger partial charge < -0.3 is 10.6 Å². The summed E-state index contributed by atoms with van der Waals surface area (Å²) >= 11 is 1.66. The molecule has 2 N–H and O–H groups in total. The Morgan fingerprint density at radius 1 is 1.59 bits per heavy atom. The van der Waals surface area contributed by atoms with E-state index in [4.69, 9.17) is 0 Å². The van der Waals surface area contributed by atoms with Crippen molar-refractivity contribution in [2.24, 2.45) is 5.41 Å². The highest BCUT2D eigenvalue weighted by molar-refractivity contribution is 7.11. The van der Waals surface area contributed by atoms with Gasteiger partial charge in [0, 0.05) is 11.4 Å². The summed E-state index contributed by atoms with van der Waals surface area (Å²) in [6, 6.07) is 0. The third-order valence-corrected chi connectivity index (χ3v) is 4.40. The number of nitrogens with one attached hydrogen (secondary N) is 2. The van der Waals surface area contributed by atoms with Crippen molar-refractivity contribution in [1.82, 2.24) is 15.6 Å². The van der Waals surface area contributed by atoms with E-state index in [9.17, 15) is 4.79 Å². The minimum absolute atomic E-state index is 0.146. The molecule has 1 aliphatic heterocycles. The number of aryl methyl sites for hydroxylation is 2. The summed E-state index contributed by atoms with van der Waals surface area (Å²) in [5.41, 5.74) is 0.788. The third kappa shape index (κ3) is 2.66. The van der Waals surface area contributed by atoms with Crippen LogP contribution in [0.1, 0.15) is 28.9 Å². The van der Waals surface area contributed by atoms with Crippen LogP contribution in [0.2, 0.25) is 0 Å². The van der Waals surface area contributed by atoms with Gasteiger partial charge in [-0.2, -0.15) is 0 Å². The number of carbonyl (C=O) groups is 1. The lowest BCUT2D eigenvalue weighted by molar-refractivity contribution is -0.129. The molecule has 0 aliphatic carbocycles. The Bertz CT molecular complexity index is 421. The van der Waals surface area contributed by atoms with Crippen LogP contribution in [0.25, 0.3) is 0 Å². The van der Waals surface area contributed by atoms with Gasteiger partial charge in [-0.05, 0) is 33.7 Å². The van der Waals surface area contributed by atoms with E-state index in [1.165, 1.54) is 0 Å². The lowest BCUT2D eigenvalue weighted by atomic mass is 9.89. The molecule has 1 saturated heterocycles. The van der Waals surface area contributed by atoms with Crippen LogP contribution < -0.4 is 10.6 Å². The second kappa shape index (κ2) is 4.74. The summed E-state index contributed by atoms with van der Waals surface area (Å²) in [6.07, 6.45) is 0.916. The van der Waals surface area contributed by atoms with Crippen LogP contribution in [-0.4, -0.2) is 24.0 Å². The van der Waals surface area contributed by atoms with E-state index < -0.39 is 0 Å². The van der Waals surface area contributed by atoms with Crippen molar-refractivity contribution < 1.29 is 4.79 Å².